The summed E-state index contributed by atoms with van der Waals surface area (Å²) in [5.74, 6) is 0.285. The molecule has 4 nitrogen and oxygen atoms in total. The predicted octanol–water partition coefficient (Wildman–Crippen LogP) is 0.0549. The van der Waals surface area contributed by atoms with Gasteiger partial charge < -0.3 is 4.74 Å². The number of aromatic nitrogens is 1. The van der Waals surface area contributed by atoms with E-state index in [2.05, 4.69) is 10.2 Å². The number of hydrogen-bond acceptors (Lipinski definition) is 4. The highest BCUT2D eigenvalue weighted by atomic mass is 16.5. The number of nitrogens with zero attached hydrogens (tertiary/aromatic N) is 2. The fraction of sp³-hybridized carbons (Fsp3) is 0.286. The van der Waals surface area contributed by atoms with Crippen molar-refractivity contribution in [2.45, 2.75) is 6.92 Å². The molecule has 0 radical (unpaired) electrons. The molecule has 1 rings (SSSR count). The van der Waals surface area contributed by atoms with E-state index >= 15 is 0 Å². The van der Waals surface area contributed by atoms with Crippen LogP contribution < -0.4 is 10.2 Å². The number of ether oxygens (including phenoxy) is 1. The third-order valence-corrected chi connectivity index (χ3v) is 1.81. The number of pyridine rings is 1. The zero-order valence-corrected chi connectivity index (χ0v) is 7.29. The summed E-state index contributed by atoms with van der Waals surface area (Å²) in [5.41, 5.74) is 2.04. The van der Waals surface area contributed by atoms with Crippen LogP contribution in [0.15, 0.2) is 11.4 Å². The van der Waals surface area contributed by atoms with Crippen LogP contribution in [0.2, 0.25) is 0 Å². The lowest BCUT2D eigenvalue weighted by Crippen LogP contribution is -2.09. The van der Waals surface area contributed by atoms with Crippen LogP contribution in [0.1, 0.15) is 5.56 Å². The van der Waals surface area contributed by atoms with E-state index in [0.29, 0.717) is 0 Å². The van der Waals surface area contributed by atoms with Crippen molar-refractivity contribution in [2.24, 2.45) is 5.18 Å². The Kier molecular flexibility index (Phi) is 2.42. The molecular weight excluding hydrogens is 155 g/mol. The van der Waals surface area contributed by atoms with Crippen molar-refractivity contribution in [1.82, 2.24) is 4.98 Å². The number of rotatable bonds is 2. The maximum atomic E-state index is 10.4. The molecule has 1 aromatic heterocycles. The van der Waals surface area contributed by atoms with E-state index in [0.717, 1.165) is 11.0 Å². The van der Waals surface area contributed by atoms with Gasteiger partial charge in [0.2, 0.25) is 5.88 Å². The minimum atomic E-state index is 0.285. The first kappa shape index (κ1) is 8.71. The quantitative estimate of drug-likeness (QED) is 0.458. The Hall–Kier alpha value is -1.39. The van der Waals surface area contributed by atoms with Crippen LogP contribution in [-0.4, -0.2) is 19.9 Å². The van der Waals surface area contributed by atoms with Gasteiger partial charge >= 0.3 is 0 Å². The van der Waals surface area contributed by atoms with Gasteiger partial charge in [-0.1, -0.05) is 5.46 Å². The zero-order valence-electron chi connectivity index (χ0n) is 7.29. The van der Waals surface area contributed by atoms with E-state index in [-0.39, 0.29) is 11.6 Å². The van der Waals surface area contributed by atoms with Gasteiger partial charge in [0.25, 0.3) is 0 Å². The molecule has 12 heavy (non-hydrogen) atoms. The molecule has 0 aromatic carbocycles. The largest absolute Gasteiger partial charge is 0.479 e. The molecule has 0 fully saturated rings. The summed E-state index contributed by atoms with van der Waals surface area (Å²) in [6.45, 7) is 1.82. The van der Waals surface area contributed by atoms with Crippen LogP contribution in [0.5, 0.6) is 5.88 Å². The molecular formula is C7H9BN2O2. The van der Waals surface area contributed by atoms with E-state index in [9.17, 15) is 4.91 Å². The fourth-order valence-electron chi connectivity index (χ4n) is 0.917. The van der Waals surface area contributed by atoms with Crippen LogP contribution in [-0.2, 0) is 0 Å². The Morgan fingerprint density at radius 2 is 2.33 bits per heavy atom. The summed E-state index contributed by atoms with van der Waals surface area (Å²) in [5, 5.41) is 2.86. The van der Waals surface area contributed by atoms with Gasteiger partial charge in [-0.2, -0.15) is 0 Å². The maximum Gasteiger partial charge on any atom is 0.243 e. The molecule has 0 N–H and O–H groups in total. The smallest absolute Gasteiger partial charge is 0.243 e. The summed E-state index contributed by atoms with van der Waals surface area (Å²) in [6, 6.07) is 0. The summed E-state index contributed by atoms with van der Waals surface area (Å²) < 4.78 is 4.87. The monoisotopic (exact) mass is 164 g/mol. The van der Waals surface area contributed by atoms with Crippen LogP contribution >= 0.6 is 0 Å². The van der Waals surface area contributed by atoms with Gasteiger partial charge in [0.1, 0.15) is 7.85 Å². The predicted molar refractivity (Wildman–Crippen MR) is 49.2 cm³/mol. The van der Waals surface area contributed by atoms with Crippen molar-refractivity contribution in [3.8, 4) is 5.88 Å². The van der Waals surface area contributed by atoms with Crippen LogP contribution in [0.4, 0.5) is 5.69 Å². The number of methoxy groups -OCH3 is 1. The highest BCUT2D eigenvalue weighted by Gasteiger charge is 2.09. The third kappa shape index (κ3) is 1.30. The Bertz CT molecular complexity index is 315. The van der Waals surface area contributed by atoms with Crippen LogP contribution in [0.25, 0.3) is 0 Å². The van der Waals surface area contributed by atoms with Gasteiger partial charge in [0.15, 0.2) is 5.69 Å². The standard InChI is InChI=1S/C7H9BN2O2/c1-4-5(8)3-9-7(12-2)6(4)10-11/h3H,8H2,1-2H3. The van der Waals surface area contributed by atoms with Crippen molar-refractivity contribution in [2.75, 3.05) is 7.11 Å². The molecule has 0 saturated heterocycles. The molecule has 0 aliphatic rings. The van der Waals surface area contributed by atoms with Gasteiger partial charge in [-0.05, 0) is 17.7 Å². The Morgan fingerprint density at radius 1 is 1.67 bits per heavy atom. The lowest BCUT2D eigenvalue weighted by Gasteiger charge is -2.05. The van der Waals surface area contributed by atoms with E-state index in [1.54, 1.807) is 6.20 Å². The second-order valence-electron chi connectivity index (χ2n) is 2.52. The number of nitroso groups, excluding NO2 is 1. The van der Waals surface area contributed by atoms with Crippen molar-refractivity contribution in [1.29, 1.82) is 0 Å². The fourth-order valence-corrected chi connectivity index (χ4v) is 0.917. The van der Waals surface area contributed by atoms with Gasteiger partial charge in [0.05, 0.1) is 7.11 Å². The Balaban J connectivity index is 3.35. The molecule has 5 heteroatoms. The summed E-state index contributed by atoms with van der Waals surface area (Å²) in [7, 11) is 3.34. The zero-order chi connectivity index (χ0) is 9.14. The molecule has 0 atom stereocenters. The minimum Gasteiger partial charge on any atom is -0.479 e. The highest BCUT2D eigenvalue weighted by Crippen LogP contribution is 2.26. The van der Waals surface area contributed by atoms with Crippen LogP contribution in [0.3, 0.4) is 0 Å². The number of hydrogen-bond donors (Lipinski definition) is 0. The molecule has 0 aliphatic heterocycles. The first-order valence-corrected chi connectivity index (χ1v) is 3.54. The van der Waals surface area contributed by atoms with E-state index in [4.69, 9.17) is 4.74 Å². The average Bonchev–Trinajstić information content (AvgIpc) is 2.09. The normalized spacial score (nSPS) is 9.50. The minimum absolute atomic E-state index is 0.285. The third-order valence-electron chi connectivity index (χ3n) is 1.81. The Morgan fingerprint density at radius 3 is 2.83 bits per heavy atom. The topological polar surface area (TPSA) is 51.6 Å². The molecule has 0 unspecified atom stereocenters. The van der Waals surface area contributed by atoms with Gasteiger partial charge in [-0.25, -0.2) is 4.98 Å². The summed E-state index contributed by atoms with van der Waals surface area (Å²) >= 11 is 0. The van der Waals surface area contributed by atoms with Crippen molar-refractivity contribution >= 4 is 19.0 Å². The summed E-state index contributed by atoms with van der Waals surface area (Å²) in [6.07, 6.45) is 1.66. The first-order valence-electron chi connectivity index (χ1n) is 3.54. The van der Waals surface area contributed by atoms with Gasteiger partial charge in [-0.3, -0.25) is 0 Å². The molecule has 0 aliphatic carbocycles. The van der Waals surface area contributed by atoms with Crippen molar-refractivity contribution in [3.05, 3.63) is 16.7 Å². The Labute approximate surface area is 71.3 Å². The molecule has 62 valence electrons. The second kappa shape index (κ2) is 3.34. The lowest BCUT2D eigenvalue weighted by molar-refractivity contribution is 0.399. The van der Waals surface area contributed by atoms with Crippen molar-refractivity contribution in [3.63, 3.8) is 0 Å². The summed E-state index contributed by atoms with van der Waals surface area (Å²) in [4.78, 5) is 14.3. The first-order chi connectivity index (χ1) is 5.70. The molecule has 0 saturated carbocycles. The molecule has 1 heterocycles. The molecule has 1 aromatic rings. The van der Waals surface area contributed by atoms with Gasteiger partial charge in [-0.15, -0.1) is 4.91 Å². The second-order valence-corrected chi connectivity index (χ2v) is 2.52. The van der Waals surface area contributed by atoms with Gasteiger partial charge in [0, 0.05) is 6.20 Å². The lowest BCUT2D eigenvalue weighted by atomic mass is 9.93. The van der Waals surface area contributed by atoms with E-state index < -0.39 is 0 Å². The maximum absolute atomic E-state index is 10.4. The highest BCUT2D eigenvalue weighted by molar-refractivity contribution is 6.33. The van der Waals surface area contributed by atoms with E-state index in [1.807, 2.05) is 14.8 Å². The average molecular weight is 164 g/mol. The SMILES string of the molecule is Bc1cnc(OC)c(N=O)c1C. The van der Waals surface area contributed by atoms with E-state index in [1.165, 1.54) is 7.11 Å². The van der Waals surface area contributed by atoms with Crippen LogP contribution in [0, 0.1) is 11.8 Å². The molecule has 0 bridgehead atoms. The molecule has 0 amide bonds. The van der Waals surface area contributed by atoms with Crippen molar-refractivity contribution < 1.29 is 4.74 Å². The molecule has 0 spiro atoms.